The Morgan fingerprint density at radius 1 is 1.57 bits per heavy atom. The zero-order chi connectivity index (χ0) is 9.54. The molecule has 0 saturated carbocycles. The number of hydrogen-bond donors (Lipinski definition) is 1. The van der Waals surface area contributed by atoms with Gasteiger partial charge >= 0.3 is 0 Å². The van der Waals surface area contributed by atoms with E-state index in [2.05, 4.69) is 16.4 Å². The zero-order valence-electron chi connectivity index (χ0n) is 7.73. The fourth-order valence-electron chi connectivity index (χ4n) is 2.09. The first-order valence-electron chi connectivity index (χ1n) is 4.83. The van der Waals surface area contributed by atoms with Crippen molar-refractivity contribution in [1.29, 1.82) is 0 Å². The quantitative estimate of drug-likeness (QED) is 0.593. The van der Waals surface area contributed by atoms with E-state index in [4.69, 9.17) is 0 Å². The van der Waals surface area contributed by atoms with Gasteiger partial charge in [0.05, 0.1) is 0 Å². The number of carbonyl (C=O) groups excluding carboxylic acids is 1. The lowest BCUT2D eigenvalue weighted by atomic mass is 9.95. The molecule has 0 spiro atoms. The van der Waals surface area contributed by atoms with E-state index in [0.717, 1.165) is 24.6 Å². The lowest BCUT2D eigenvalue weighted by molar-refractivity contribution is -0.118. The molecule has 2 aliphatic heterocycles. The molecule has 1 aliphatic carbocycles. The van der Waals surface area contributed by atoms with Gasteiger partial charge in [-0.2, -0.15) is 0 Å². The molecule has 1 saturated heterocycles. The van der Waals surface area contributed by atoms with Gasteiger partial charge < -0.3 is 4.90 Å². The molecule has 1 fully saturated rings. The van der Waals surface area contributed by atoms with Crippen LogP contribution >= 0.6 is 0 Å². The molecular weight excluding hydrogens is 178 g/mol. The summed E-state index contributed by atoms with van der Waals surface area (Å²) in [5.41, 5.74) is 1.10. The van der Waals surface area contributed by atoms with Gasteiger partial charge in [0.1, 0.15) is 6.54 Å². The summed E-state index contributed by atoms with van der Waals surface area (Å²) in [7, 11) is 0. The summed E-state index contributed by atoms with van der Waals surface area (Å²) in [6.07, 6.45) is 7.25. The highest BCUT2D eigenvalue weighted by Crippen LogP contribution is 2.27. The molecule has 3 rings (SSSR count). The third-order valence-corrected chi connectivity index (χ3v) is 2.80. The molecular formula is C10H11N3O. The van der Waals surface area contributed by atoms with Crippen molar-refractivity contribution in [3.8, 4) is 0 Å². The topological polar surface area (TPSA) is 44.7 Å². The standard InChI is InChI=1S/C10H11N3O/c14-9-6-13-5-7-3-1-2-4-8(7)11-10(13)12-9/h1-2,4,7H,3,5-6H2,(H,11,12,14). The maximum atomic E-state index is 11.1. The number of hydrogen-bond acceptors (Lipinski definition) is 3. The summed E-state index contributed by atoms with van der Waals surface area (Å²) in [6, 6.07) is 0. The molecule has 1 N–H and O–H groups in total. The molecule has 3 aliphatic rings. The van der Waals surface area contributed by atoms with Crippen molar-refractivity contribution in [3.05, 3.63) is 23.9 Å². The average molecular weight is 189 g/mol. The third kappa shape index (κ3) is 1.07. The zero-order valence-corrected chi connectivity index (χ0v) is 7.73. The summed E-state index contributed by atoms with van der Waals surface area (Å²) in [4.78, 5) is 17.6. The molecule has 4 nitrogen and oxygen atoms in total. The lowest BCUT2D eigenvalue weighted by Gasteiger charge is -2.29. The van der Waals surface area contributed by atoms with Crippen LogP contribution in [0.3, 0.4) is 0 Å². The van der Waals surface area contributed by atoms with Crippen LogP contribution in [0.4, 0.5) is 0 Å². The number of amides is 1. The number of carbonyl (C=O) groups is 1. The van der Waals surface area contributed by atoms with Crippen LogP contribution in [-0.2, 0) is 4.79 Å². The van der Waals surface area contributed by atoms with E-state index in [-0.39, 0.29) is 5.91 Å². The predicted octanol–water partition coefficient (Wildman–Crippen LogP) is 0.248. The summed E-state index contributed by atoms with van der Waals surface area (Å²) in [6.45, 7) is 1.38. The molecule has 0 radical (unpaired) electrons. The van der Waals surface area contributed by atoms with E-state index in [9.17, 15) is 4.79 Å². The Hall–Kier alpha value is -1.58. The van der Waals surface area contributed by atoms with Crippen molar-refractivity contribution < 1.29 is 4.79 Å². The number of rotatable bonds is 0. The molecule has 4 heteroatoms. The Labute approximate surface area is 82.0 Å². The second-order valence-electron chi connectivity index (χ2n) is 3.82. The summed E-state index contributed by atoms with van der Waals surface area (Å²) < 4.78 is 0. The minimum atomic E-state index is 0.0518. The fourth-order valence-corrected chi connectivity index (χ4v) is 2.09. The Morgan fingerprint density at radius 3 is 3.43 bits per heavy atom. The number of aliphatic imine (C=N–C) groups is 1. The largest absolute Gasteiger partial charge is 0.332 e. The van der Waals surface area contributed by atoms with E-state index < -0.39 is 0 Å². The van der Waals surface area contributed by atoms with Crippen LogP contribution in [0, 0.1) is 5.92 Å². The summed E-state index contributed by atoms with van der Waals surface area (Å²) >= 11 is 0. The van der Waals surface area contributed by atoms with E-state index >= 15 is 0 Å². The highest BCUT2D eigenvalue weighted by molar-refractivity contribution is 6.05. The van der Waals surface area contributed by atoms with Gasteiger partial charge in [-0.3, -0.25) is 10.1 Å². The van der Waals surface area contributed by atoms with Gasteiger partial charge in [0.15, 0.2) is 0 Å². The third-order valence-electron chi connectivity index (χ3n) is 2.80. The smallest absolute Gasteiger partial charge is 0.246 e. The molecule has 0 aromatic carbocycles. The van der Waals surface area contributed by atoms with Gasteiger partial charge in [-0.05, 0) is 12.5 Å². The van der Waals surface area contributed by atoms with Gasteiger partial charge in [-0.15, -0.1) is 0 Å². The fraction of sp³-hybridized carbons (Fsp3) is 0.400. The molecule has 0 bridgehead atoms. The molecule has 0 aromatic heterocycles. The van der Waals surface area contributed by atoms with E-state index in [1.807, 2.05) is 17.1 Å². The van der Waals surface area contributed by atoms with Crippen molar-refractivity contribution in [2.24, 2.45) is 10.9 Å². The number of guanidine groups is 1. The molecule has 14 heavy (non-hydrogen) atoms. The van der Waals surface area contributed by atoms with Crippen LogP contribution in [0.25, 0.3) is 0 Å². The van der Waals surface area contributed by atoms with Crippen molar-refractivity contribution in [1.82, 2.24) is 10.2 Å². The van der Waals surface area contributed by atoms with Gasteiger partial charge in [-0.25, -0.2) is 4.99 Å². The van der Waals surface area contributed by atoms with Crippen molar-refractivity contribution >= 4 is 11.9 Å². The summed E-state index contributed by atoms with van der Waals surface area (Å²) in [5.74, 6) is 1.25. The van der Waals surface area contributed by atoms with Gasteiger partial charge in [-0.1, -0.05) is 12.2 Å². The van der Waals surface area contributed by atoms with Crippen molar-refractivity contribution in [2.75, 3.05) is 13.1 Å². The minimum absolute atomic E-state index is 0.0518. The second kappa shape index (κ2) is 2.70. The highest BCUT2D eigenvalue weighted by Gasteiger charge is 2.32. The van der Waals surface area contributed by atoms with E-state index in [1.165, 1.54) is 0 Å². The van der Waals surface area contributed by atoms with Crippen LogP contribution in [0.15, 0.2) is 28.9 Å². The van der Waals surface area contributed by atoms with Gasteiger partial charge in [0.25, 0.3) is 0 Å². The maximum absolute atomic E-state index is 11.1. The SMILES string of the molecule is O=C1CN2CC3CC=CC=C3N=C2N1. The molecule has 1 unspecified atom stereocenters. The van der Waals surface area contributed by atoms with Crippen LogP contribution in [0.5, 0.6) is 0 Å². The number of allylic oxidation sites excluding steroid dienone is 3. The van der Waals surface area contributed by atoms with Crippen LogP contribution in [-0.4, -0.2) is 29.9 Å². The van der Waals surface area contributed by atoms with Crippen molar-refractivity contribution in [3.63, 3.8) is 0 Å². The second-order valence-corrected chi connectivity index (χ2v) is 3.82. The Kier molecular flexibility index (Phi) is 1.50. The molecule has 1 atom stereocenters. The Morgan fingerprint density at radius 2 is 2.50 bits per heavy atom. The Bertz CT molecular complexity index is 381. The van der Waals surface area contributed by atoms with Crippen LogP contribution < -0.4 is 5.32 Å². The van der Waals surface area contributed by atoms with Gasteiger partial charge in [0, 0.05) is 18.2 Å². The first-order valence-corrected chi connectivity index (χ1v) is 4.83. The molecule has 1 amide bonds. The number of fused-ring (bicyclic) bond motifs is 2. The normalized spacial score (nSPS) is 29.0. The number of nitrogens with one attached hydrogen (secondary N) is 1. The molecule has 2 heterocycles. The maximum Gasteiger partial charge on any atom is 0.246 e. The molecule has 72 valence electrons. The monoisotopic (exact) mass is 189 g/mol. The van der Waals surface area contributed by atoms with Crippen LogP contribution in [0.1, 0.15) is 6.42 Å². The van der Waals surface area contributed by atoms with E-state index in [1.54, 1.807) is 0 Å². The molecule has 0 aromatic rings. The predicted molar refractivity (Wildman–Crippen MR) is 52.5 cm³/mol. The minimum Gasteiger partial charge on any atom is -0.332 e. The highest BCUT2D eigenvalue weighted by atomic mass is 16.2. The lowest BCUT2D eigenvalue weighted by Crippen LogP contribution is -2.39. The van der Waals surface area contributed by atoms with E-state index in [0.29, 0.717) is 12.5 Å². The van der Waals surface area contributed by atoms with Crippen LogP contribution in [0.2, 0.25) is 0 Å². The van der Waals surface area contributed by atoms with Gasteiger partial charge in [0.2, 0.25) is 11.9 Å². The average Bonchev–Trinajstić information content (AvgIpc) is 2.53. The Balaban J connectivity index is 1.97. The number of nitrogens with zero attached hydrogens (tertiary/aromatic N) is 2. The first kappa shape index (κ1) is 7.79. The van der Waals surface area contributed by atoms with Crippen molar-refractivity contribution in [2.45, 2.75) is 6.42 Å². The first-order chi connectivity index (χ1) is 6.83. The summed E-state index contributed by atoms with van der Waals surface area (Å²) in [5, 5.41) is 2.76.